The van der Waals surface area contributed by atoms with Gasteiger partial charge in [0, 0.05) is 40.4 Å². The van der Waals surface area contributed by atoms with Crippen molar-refractivity contribution in [1.29, 1.82) is 0 Å². The van der Waals surface area contributed by atoms with Gasteiger partial charge < -0.3 is 20.3 Å². The molecule has 0 amide bonds. The van der Waals surface area contributed by atoms with Gasteiger partial charge in [-0.15, -0.1) is 0 Å². The van der Waals surface area contributed by atoms with Crippen molar-refractivity contribution in [2.24, 2.45) is 5.73 Å². The maximum atomic E-state index is 9.84. The normalized spacial score (nSPS) is 15.6. The second kappa shape index (κ2) is 8.01. The van der Waals surface area contributed by atoms with Crippen LogP contribution < -0.4 is 5.73 Å². The molecule has 0 aliphatic carbocycles. The summed E-state index contributed by atoms with van der Waals surface area (Å²) in [5, 5.41) is 9.84. The van der Waals surface area contributed by atoms with E-state index < -0.39 is 5.60 Å². The highest BCUT2D eigenvalue weighted by Crippen LogP contribution is 2.04. The Hall–Kier alpha value is -0.200. The summed E-state index contributed by atoms with van der Waals surface area (Å²) in [6.45, 7) is 5.36. The zero-order valence-electron chi connectivity index (χ0n) is 10.0. The first-order valence-electron chi connectivity index (χ1n) is 5.18. The van der Waals surface area contributed by atoms with Gasteiger partial charge >= 0.3 is 0 Å². The highest BCUT2D eigenvalue weighted by molar-refractivity contribution is 4.78. The van der Waals surface area contributed by atoms with Crippen molar-refractivity contribution >= 4 is 0 Å². The largest absolute Gasteiger partial charge is 0.388 e. The first-order valence-corrected chi connectivity index (χ1v) is 5.18. The maximum Gasteiger partial charge on any atom is 0.0867 e. The maximum absolute atomic E-state index is 9.84. The van der Waals surface area contributed by atoms with Crippen molar-refractivity contribution in [1.82, 2.24) is 4.90 Å². The molecule has 0 radical (unpaired) electrons. The molecule has 0 bridgehead atoms. The summed E-state index contributed by atoms with van der Waals surface area (Å²) in [6, 6.07) is 0. The van der Waals surface area contributed by atoms with Crippen molar-refractivity contribution in [3.05, 3.63) is 0 Å². The SMILES string of the molecule is COCCN(CCOC)CC(C)(O)CN. The molecule has 3 N–H and O–H groups in total. The van der Waals surface area contributed by atoms with Crippen LogP contribution in [0.3, 0.4) is 0 Å². The molecule has 0 aromatic heterocycles. The summed E-state index contributed by atoms with van der Waals surface area (Å²) >= 11 is 0. The molecule has 0 aliphatic heterocycles. The fourth-order valence-corrected chi connectivity index (χ4v) is 1.26. The summed E-state index contributed by atoms with van der Waals surface area (Å²) in [5.41, 5.74) is 4.63. The van der Waals surface area contributed by atoms with Crippen LogP contribution in [0, 0.1) is 0 Å². The van der Waals surface area contributed by atoms with Gasteiger partial charge in [-0.3, -0.25) is 4.90 Å². The highest BCUT2D eigenvalue weighted by atomic mass is 16.5. The molecule has 15 heavy (non-hydrogen) atoms. The molecule has 5 heteroatoms. The lowest BCUT2D eigenvalue weighted by Crippen LogP contribution is -2.47. The fraction of sp³-hybridized carbons (Fsp3) is 1.00. The quantitative estimate of drug-likeness (QED) is 0.537. The number of nitrogens with zero attached hydrogens (tertiary/aromatic N) is 1. The van der Waals surface area contributed by atoms with E-state index in [-0.39, 0.29) is 6.54 Å². The van der Waals surface area contributed by atoms with Crippen LogP contribution in [-0.4, -0.2) is 69.2 Å². The van der Waals surface area contributed by atoms with Crippen LogP contribution in [0.1, 0.15) is 6.92 Å². The number of nitrogens with two attached hydrogens (primary N) is 1. The Kier molecular flexibility index (Phi) is 7.90. The molecule has 5 nitrogen and oxygen atoms in total. The molecule has 0 spiro atoms. The number of hydrogen-bond acceptors (Lipinski definition) is 5. The number of rotatable bonds is 9. The number of hydrogen-bond donors (Lipinski definition) is 2. The summed E-state index contributed by atoms with van der Waals surface area (Å²) in [5.74, 6) is 0. The third kappa shape index (κ3) is 7.70. The second-order valence-electron chi connectivity index (χ2n) is 3.96. The molecule has 92 valence electrons. The van der Waals surface area contributed by atoms with Gasteiger partial charge in [-0.25, -0.2) is 0 Å². The van der Waals surface area contributed by atoms with E-state index >= 15 is 0 Å². The molecule has 1 atom stereocenters. The van der Waals surface area contributed by atoms with Crippen LogP contribution >= 0.6 is 0 Å². The van der Waals surface area contributed by atoms with Crippen LogP contribution in [0.5, 0.6) is 0 Å². The molecular formula is C10H24N2O3. The van der Waals surface area contributed by atoms with Crippen molar-refractivity contribution in [3.63, 3.8) is 0 Å². The van der Waals surface area contributed by atoms with Crippen molar-refractivity contribution in [2.75, 3.05) is 53.6 Å². The molecule has 0 aromatic carbocycles. The zero-order valence-corrected chi connectivity index (χ0v) is 10.0. The molecule has 1 unspecified atom stereocenters. The topological polar surface area (TPSA) is 68.0 Å². The van der Waals surface area contributed by atoms with Crippen molar-refractivity contribution < 1.29 is 14.6 Å². The fourth-order valence-electron chi connectivity index (χ4n) is 1.26. The van der Waals surface area contributed by atoms with E-state index in [0.717, 1.165) is 13.1 Å². The van der Waals surface area contributed by atoms with Gasteiger partial charge in [0.25, 0.3) is 0 Å². The van der Waals surface area contributed by atoms with Crippen LogP contribution in [-0.2, 0) is 9.47 Å². The predicted molar refractivity (Wildman–Crippen MR) is 59.9 cm³/mol. The van der Waals surface area contributed by atoms with E-state index in [1.807, 2.05) is 0 Å². The molecular weight excluding hydrogens is 196 g/mol. The van der Waals surface area contributed by atoms with Crippen LogP contribution in [0.25, 0.3) is 0 Å². The number of methoxy groups -OCH3 is 2. The minimum absolute atomic E-state index is 0.253. The average Bonchev–Trinajstić information content (AvgIpc) is 2.22. The van der Waals surface area contributed by atoms with Gasteiger partial charge in [0.1, 0.15) is 0 Å². The summed E-state index contributed by atoms with van der Waals surface area (Å²) < 4.78 is 10.0. The number of ether oxygens (including phenoxy) is 2. The Morgan fingerprint density at radius 3 is 2.00 bits per heavy atom. The van der Waals surface area contributed by atoms with Gasteiger partial charge in [-0.1, -0.05) is 0 Å². The Morgan fingerprint density at radius 1 is 1.20 bits per heavy atom. The molecule has 0 saturated carbocycles. The molecule has 0 aromatic rings. The Labute approximate surface area is 92.1 Å². The summed E-state index contributed by atoms with van der Waals surface area (Å²) in [6.07, 6.45) is 0. The minimum Gasteiger partial charge on any atom is -0.388 e. The average molecular weight is 220 g/mol. The monoisotopic (exact) mass is 220 g/mol. The van der Waals surface area contributed by atoms with Gasteiger partial charge in [-0.2, -0.15) is 0 Å². The highest BCUT2D eigenvalue weighted by Gasteiger charge is 2.21. The van der Waals surface area contributed by atoms with Crippen LogP contribution in [0.15, 0.2) is 0 Å². The summed E-state index contributed by atoms with van der Waals surface area (Å²) in [7, 11) is 3.32. The van der Waals surface area contributed by atoms with Crippen LogP contribution in [0.4, 0.5) is 0 Å². The van der Waals surface area contributed by atoms with Crippen molar-refractivity contribution in [3.8, 4) is 0 Å². The van der Waals surface area contributed by atoms with Crippen LogP contribution in [0.2, 0.25) is 0 Å². The lowest BCUT2D eigenvalue weighted by Gasteiger charge is -2.30. The third-order valence-electron chi connectivity index (χ3n) is 2.23. The minimum atomic E-state index is -0.846. The van der Waals surface area contributed by atoms with E-state index in [9.17, 15) is 5.11 Å². The Balaban J connectivity index is 3.98. The first kappa shape index (κ1) is 14.8. The molecule has 0 fully saturated rings. The third-order valence-corrected chi connectivity index (χ3v) is 2.23. The first-order chi connectivity index (χ1) is 7.05. The zero-order chi connectivity index (χ0) is 11.7. The second-order valence-corrected chi connectivity index (χ2v) is 3.96. The van der Waals surface area contributed by atoms with Gasteiger partial charge in [0.15, 0.2) is 0 Å². The van der Waals surface area contributed by atoms with Gasteiger partial charge in [-0.05, 0) is 6.92 Å². The number of aliphatic hydroxyl groups is 1. The molecule has 0 aliphatic rings. The van der Waals surface area contributed by atoms with E-state index in [1.165, 1.54) is 0 Å². The molecule has 0 rings (SSSR count). The van der Waals surface area contributed by atoms with E-state index in [4.69, 9.17) is 15.2 Å². The lowest BCUT2D eigenvalue weighted by molar-refractivity contribution is 0.0121. The van der Waals surface area contributed by atoms with Gasteiger partial charge in [0.05, 0.1) is 18.8 Å². The van der Waals surface area contributed by atoms with Crippen molar-refractivity contribution in [2.45, 2.75) is 12.5 Å². The molecule has 0 heterocycles. The van der Waals surface area contributed by atoms with E-state index in [0.29, 0.717) is 19.8 Å². The predicted octanol–water partition coefficient (Wildman–Crippen LogP) is -0.709. The van der Waals surface area contributed by atoms with E-state index in [2.05, 4.69) is 4.90 Å². The van der Waals surface area contributed by atoms with E-state index in [1.54, 1.807) is 21.1 Å². The van der Waals surface area contributed by atoms with Gasteiger partial charge in [0.2, 0.25) is 0 Å². The standard InChI is InChI=1S/C10H24N2O3/c1-10(13,8-11)9-12(4-6-14-2)5-7-15-3/h13H,4-9,11H2,1-3H3. The summed E-state index contributed by atoms with van der Waals surface area (Å²) in [4.78, 5) is 2.08. The molecule has 0 saturated heterocycles. The lowest BCUT2D eigenvalue weighted by atomic mass is 10.1. The smallest absolute Gasteiger partial charge is 0.0867 e. The Morgan fingerprint density at radius 2 is 1.67 bits per heavy atom. The Bertz CT molecular complexity index is 146.